The minimum absolute atomic E-state index is 0.347. The van der Waals surface area contributed by atoms with Gasteiger partial charge in [-0.3, -0.25) is 9.98 Å². The molecule has 0 aromatic carbocycles. The van der Waals surface area contributed by atoms with Crippen LogP contribution in [0.5, 0.6) is 0 Å². The predicted molar refractivity (Wildman–Crippen MR) is 256 cm³/mol. The van der Waals surface area contributed by atoms with Crippen LogP contribution in [0.1, 0.15) is 45.5 Å². The Morgan fingerprint density at radius 3 is 1.74 bits per heavy atom. The number of H-pyrrole nitrogens is 2. The SMILES string of the molecule is CCN1CC=CC=C1C1=c2ccc([nH]2)=C(C2=CC=CCN2CC)c2ccc([nH]2)C(Cl)(C2=CC=CCN2CC)C2(Cl)C=CC(=N2)C(Cl)(C2=CC=CCN2CC)C2(Cl)N=C1CC2Cl. The third-order valence-corrected chi connectivity index (χ3v) is 16.2. The first kappa shape index (κ1) is 42.3. The zero-order chi connectivity index (χ0) is 42.7. The average Bonchev–Trinajstić information content (AvgIpc) is 4.12. The summed E-state index contributed by atoms with van der Waals surface area (Å²) in [5.41, 5.74) is 8.28. The fourth-order valence-corrected chi connectivity index (χ4v) is 11.7. The number of halogens is 5. The van der Waals surface area contributed by atoms with Gasteiger partial charge in [0, 0.05) is 109 Å². The van der Waals surface area contributed by atoms with Crippen molar-refractivity contribution >= 4 is 80.6 Å². The Labute approximate surface area is 383 Å². The Bertz CT molecular complexity index is 2600. The number of hydrogen-bond acceptors (Lipinski definition) is 6. The monoisotopic (exact) mass is 914 g/mol. The summed E-state index contributed by atoms with van der Waals surface area (Å²) in [6.45, 7) is 14.3. The molecule has 2 aromatic rings. The average molecular weight is 917 g/mol. The van der Waals surface area contributed by atoms with Crippen molar-refractivity contribution in [2.45, 2.75) is 59.2 Å². The molecule has 2 N–H and O–H groups in total. The highest BCUT2D eigenvalue weighted by Gasteiger charge is 2.65. The van der Waals surface area contributed by atoms with Gasteiger partial charge >= 0.3 is 0 Å². The number of hydrogen-bond donors (Lipinski definition) is 2. The number of allylic oxidation sites excluding steroid dienone is 11. The van der Waals surface area contributed by atoms with E-state index in [4.69, 9.17) is 68.0 Å². The zero-order valence-electron chi connectivity index (χ0n) is 34.9. The molecule has 5 atom stereocenters. The molecule has 8 bridgehead atoms. The summed E-state index contributed by atoms with van der Waals surface area (Å²) in [7, 11) is 0. The smallest absolute Gasteiger partial charge is 0.182 e. The molecule has 13 heteroatoms. The summed E-state index contributed by atoms with van der Waals surface area (Å²) in [6, 6.07) is 8.44. The summed E-state index contributed by atoms with van der Waals surface area (Å²) in [6.07, 6.45) is 29.3. The number of rotatable bonds is 8. The molecule has 2 aromatic heterocycles. The predicted octanol–water partition coefficient (Wildman–Crippen LogP) is 8.55. The Morgan fingerprint density at radius 1 is 0.623 bits per heavy atom. The fraction of sp³-hybridized carbons (Fsp3) is 0.375. The van der Waals surface area contributed by atoms with Gasteiger partial charge < -0.3 is 29.6 Å². The summed E-state index contributed by atoms with van der Waals surface area (Å²) in [5.74, 6) is 0. The zero-order valence-corrected chi connectivity index (χ0v) is 38.7. The number of likely N-dealkylation sites (N-methyl/N-ethyl adjacent to an activating group) is 4. The van der Waals surface area contributed by atoms with Crippen molar-refractivity contribution in [3.05, 3.63) is 154 Å². The standard InChI is InChI=1S/C48H51Cl5N8/c1-5-58-27-13-9-17-36(58)43-32-21-22-33(54-32)44(37-18-10-14-28-59(37)6-2)35-31-38(49)48(53,56-35)47(52,42-20-12-16-30-61(42)8-4)40-25-26-45(50,57-40)46(51,39-24-23-34(43)55-39)41-19-11-15-29-60(41)7-3/h9-26,38,54-55H,5-8,27-31H2,1-4H3. The van der Waals surface area contributed by atoms with Gasteiger partial charge in [0.15, 0.2) is 19.7 Å². The molecule has 0 saturated carbocycles. The maximum Gasteiger partial charge on any atom is 0.182 e. The van der Waals surface area contributed by atoms with E-state index < -0.39 is 25.1 Å². The number of nitrogens with zero attached hydrogens (tertiary/aromatic N) is 6. The lowest BCUT2D eigenvalue weighted by Crippen LogP contribution is -2.58. The molecule has 7 aliphatic heterocycles. The first-order chi connectivity index (χ1) is 29.4. The Hall–Kier alpha value is -4.05. The van der Waals surface area contributed by atoms with Crippen molar-refractivity contribution in [2.24, 2.45) is 9.98 Å². The minimum Gasteiger partial charge on any atom is -0.369 e. The number of fused-ring (bicyclic) bond motifs is 6. The highest BCUT2D eigenvalue weighted by Crippen LogP contribution is 2.58. The van der Waals surface area contributed by atoms with Crippen LogP contribution < -0.4 is 10.7 Å². The van der Waals surface area contributed by atoms with Crippen LogP contribution in [0.15, 0.2) is 142 Å². The molecular weight excluding hydrogens is 866 g/mol. The van der Waals surface area contributed by atoms with Gasteiger partial charge in [-0.15, -0.1) is 34.8 Å². The van der Waals surface area contributed by atoms with Crippen LogP contribution in [-0.2, 0) is 4.87 Å². The molecule has 9 rings (SSSR count). The lowest BCUT2D eigenvalue weighted by Gasteiger charge is -2.46. The van der Waals surface area contributed by atoms with E-state index in [1.807, 2.05) is 42.5 Å². The quantitative estimate of drug-likeness (QED) is 0.206. The van der Waals surface area contributed by atoms with Crippen molar-refractivity contribution < 1.29 is 0 Å². The number of aromatic amines is 2. The molecule has 0 fully saturated rings. The molecule has 318 valence electrons. The highest BCUT2D eigenvalue weighted by atomic mass is 35.5. The fourth-order valence-electron chi connectivity index (χ4n) is 9.73. The minimum atomic E-state index is -1.63. The Kier molecular flexibility index (Phi) is 11.3. The molecule has 7 aliphatic rings. The van der Waals surface area contributed by atoms with Crippen molar-refractivity contribution in [1.29, 1.82) is 0 Å². The number of aromatic nitrogens is 2. The number of aliphatic imine (C=N–C) groups is 2. The van der Waals surface area contributed by atoms with Gasteiger partial charge in [-0.05, 0) is 88.4 Å². The van der Waals surface area contributed by atoms with E-state index in [2.05, 4.69) is 124 Å². The van der Waals surface area contributed by atoms with Gasteiger partial charge in [0.05, 0.1) is 22.1 Å². The van der Waals surface area contributed by atoms with Crippen molar-refractivity contribution in [3.8, 4) is 0 Å². The van der Waals surface area contributed by atoms with Crippen LogP contribution in [0.3, 0.4) is 0 Å². The molecule has 8 nitrogen and oxygen atoms in total. The van der Waals surface area contributed by atoms with E-state index >= 15 is 0 Å². The third kappa shape index (κ3) is 6.53. The van der Waals surface area contributed by atoms with Crippen molar-refractivity contribution in [1.82, 2.24) is 29.6 Å². The van der Waals surface area contributed by atoms with Gasteiger partial charge in [0.25, 0.3) is 0 Å². The summed E-state index contributed by atoms with van der Waals surface area (Å²) in [4.78, 5) is 21.6. The molecule has 0 amide bonds. The van der Waals surface area contributed by atoms with Gasteiger partial charge in [-0.2, -0.15) is 0 Å². The molecular formula is C48H51Cl5N8. The second kappa shape index (κ2) is 16.3. The molecule has 0 saturated heterocycles. The molecule has 0 radical (unpaired) electrons. The van der Waals surface area contributed by atoms with Crippen LogP contribution in [0.2, 0.25) is 0 Å². The van der Waals surface area contributed by atoms with E-state index in [1.165, 1.54) is 0 Å². The van der Waals surface area contributed by atoms with E-state index in [-0.39, 0.29) is 0 Å². The van der Waals surface area contributed by atoms with Gasteiger partial charge in [0.2, 0.25) is 0 Å². The summed E-state index contributed by atoms with van der Waals surface area (Å²) < 4.78 is 0. The first-order valence-electron chi connectivity index (χ1n) is 21.4. The summed E-state index contributed by atoms with van der Waals surface area (Å²) >= 11 is 40.4. The third-order valence-electron chi connectivity index (χ3n) is 13.0. The van der Waals surface area contributed by atoms with Gasteiger partial charge in [-0.25, -0.2) is 0 Å². The molecule has 9 heterocycles. The van der Waals surface area contributed by atoms with E-state index in [9.17, 15) is 0 Å². The molecule has 5 unspecified atom stereocenters. The van der Waals surface area contributed by atoms with Gasteiger partial charge in [-0.1, -0.05) is 71.8 Å². The Balaban J connectivity index is 1.43. The van der Waals surface area contributed by atoms with Crippen LogP contribution in [0.4, 0.5) is 0 Å². The largest absolute Gasteiger partial charge is 0.369 e. The van der Waals surface area contributed by atoms with E-state index in [0.717, 1.165) is 82.2 Å². The van der Waals surface area contributed by atoms with Crippen molar-refractivity contribution in [2.75, 3.05) is 52.4 Å². The highest BCUT2D eigenvalue weighted by molar-refractivity contribution is 6.51. The maximum absolute atomic E-state index is 8.32. The number of nitrogens with one attached hydrogen (secondary N) is 2. The van der Waals surface area contributed by atoms with Crippen molar-refractivity contribution in [3.63, 3.8) is 0 Å². The maximum atomic E-state index is 8.32. The van der Waals surface area contributed by atoms with Crippen LogP contribution >= 0.6 is 58.0 Å². The molecule has 0 spiro atoms. The summed E-state index contributed by atoms with van der Waals surface area (Å²) in [5, 5.41) is 1.06. The second-order valence-corrected chi connectivity index (χ2v) is 18.9. The lowest BCUT2D eigenvalue weighted by atomic mass is 9.85. The van der Waals surface area contributed by atoms with Gasteiger partial charge in [0.1, 0.15) is 0 Å². The van der Waals surface area contributed by atoms with E-state index in [1.54, 1.807) is 0 Å². The first-order valence-corrected chi connectivity index (χ1v) is 23.3. The van der Waals surface area contributed by atoms with Crippen LogP contribution in [0.25, 0.3) is 11.1 Å². The van der Waals surface area contributed by atoms with E-state index in [0.29, 0.717) is 44.0 Å². The lowest BCUT2D eigenvalue weighted by molar-refractivity contribution is 0.331. The normalized spacial score (nSPS) is 30.8. The second-order valence-electron chi connectivity index (χ2n) is 16.1. The van der Waals surface area contributed by atoms with Crippen LogP contribution in [-0.4, -0.2) is 114 Å². The molecule has 0 aliphatic carbocycles. The molecule has 61 heavy (non-hydrogen) atoms. The van der Waals surface area contributed by atoms with Crippen LogP contribution in [0, 0.1) is 0 Å². The number of alkyl halides is 5. The topological polar surface area (TPSA) is 69.3 Å². The Morgan fingerprint density at radius 2 is 1.15 bits per heavy atom.